The summed E-state index contributed by atoms with van der Waals surface area (Å²) in [5.41, 5.74) is 2.97. The molecule has 0 atom stereocenters. The number of hydrogen-bond acceptors (Lipinski definition) is 4. The van der Waals surface area contributed by atoms with Gasteiger partial charge in [-0.3, -0.25) is 0 Å². The number of aromatic nitrogens is 2. The van der Waals surface area contributed by atoms with Gasteiger partial charge in [-0.15, -0.1) is 0 Å². The van der Waals surface area contributed by atoms with E-state index >= 15 is 0 Å². The molecule has 0 aliphatic carbocycles. The molecule has 0 bridgehead atoms. The average molecular weight is 370 g/mol. The van der Waals surface area contributed by atoms with Gasteiger partial charge in [0.1, 0.15) is 5.82 Å². The molecule has 0 saturated carbocycles. The molecule has 0 saturated heterocycles. The van der Waals surface area contributed by atoms with Crippen LogP contribution in [0.5, 0.6) is 0 Å². The lowest BCUT2D eigenvalue weighted by molar-refractivity contribution is -0.137. The average Bonchev–Trinajstić information content (AvgIpc) is 3.05. The van der Waals surface area contributed by atoms with Gasteiger partial charge in [0.25, 0.3) is 0 Å². The van der Waals surface area contributed by atoms with Crippen LogP contribution in [0.3, 0.4) is 0 Å². The molecule has 27 heavy (non-hydrogen) atoms. The second-order valence-electron chi connectivity index (χ2n) is 6.43. The van der Waals surface area contributed by atoms with Gasteiger partial charge in [-0.2, -0.15) is 18.2 Å². The molecular weight excluding hydrogens is 353 g/mol. The Morgan fingerprint density at radius 3 is 2.48 bits per heavy atom. The quantitative estimate of drug-likeness (QED) is 0.684. The molecule has 1 aliphatic rings. The fourth-order valence-electron chi connectivity index (χ4n) is 3.17. The number of hydrogen-bond donors (Lipinski definition) is 1. The topological polar surface area (TPSA) is 41.1 Å². The lowest BCUT2D eigenvalue weighted by Crippen LogP contribution is -2.17. The highest BCUT2D eigenvalue weighted by atomic mass is 19.4. The molecule has 7 heteroatoms. The third kappa shape index (κ3) is 3.58. The summed E-state index contributed by atoms with van der Waals surface area (Å²) in [6.45, 7) is 2.66. The number of rotatable bonds is 3. The number of benzene rings is 2. The molecule has 0 radical (unpaired) electrons. The minimum absolute atomic E-state index is 0.536. The molecule has 0 fully saturated rings. The van der Waals surface area contributed by atoms with E-state index in [0.717, 1.165) is 36.5 Å². The van der Waals surface area contributed by atoms with Gasteiger partial charge >= 0.3 is 6.18 Å². The number of fused-ring (bicyclic) bond motifs is 1. The first-order valence-corrected chi connectivity index (χ1v) is 8.55. The molecule has 2 aromatic carbocycles. The van der Waals surface area contributed by atoms with Crippen LogP contribution in [0.1, 0.15) is 16.8 Å². The Hall–Kier alpha value is -3.09. The minimum atomic E-state index is -4.35. The predicted octanol–water partition coefficient (Wildman–Crippen LogP) is 5.24. The zero-order valence-corrected chi connectivity index (χ0v) is 14.6. The van der Waals surface area contributed by atoms with Crippen LogP contribution in [0, 0.1) is 6.92 Å². The SMILES string of the molecule is Cc1cc(Nc2ccc(C(F)(F)F)cc2)nc(N2CCc3ccccc32)n1. The largest absolute Gasteiger partial charge is 0.416 e. The zero-order chi connectivity index (χ0) is 19.0. The van der Waals surface area contributed by atoms with Crippen LogP contribution >= 0.6 is 0 Å². The summed E-state index contributed by atoms with van der Waals surface area (Å²) in [5.74, 6) is 1.12. The molecule has 1 aliphatic heterocycles. The Bertz CT molecular complexity index is 968. The van der Waals surface area contributed by atoms with Crippen molar-refractivity contribution in [3.05, 3.63) is 71.4 Å². The van der Waals surface area contributed by atoms with E-state index in [9.17, 15) is 13.2 Å². The maximum atomic E-state index is 12.7. The van der Waals surface area contributed by atoms with Crippen LogP contribution in [0.15, 0.2) is 54.6 Å². The highest BCUT2D eigenvalue weighted by Crippen LogP contribution is 2.33. The van der Waals surface area contributed by atoms with Crippen molar-refractivity contribution in [1.29, 1.82) is 0 Å². The Kier molecular flexibility index (Phi) is 4.22. The van der Waals surface area contributed by atoms with Gasteiger partial charge in [-0.1, -0.05) is 18.2 Å². The number of anilines is 4. The lowest BCUT2D eigenvalue weighted by Gasteiger charge is -2.18. The number of aryl methyl sites for hydroxylation is 1. The molecule has 4 nitrogen and oxygen atoms in total. The van der Waals surface area contributed by atoms with Crippen LogP contribution in [0.25, 0.3) is 0 Å². The summed E-state index contributed by atoms with van der Waals surface area (Å²) >= 11 is 0. The monoisotopic (exact) mass is 370 g/mol. The molecule has 1 aromatic heterocycles. The number of nitrogens with one attached hydrogen (secondary N) is 1. The maximum Gasteiger partial charge on any atom is 0.416 e. The number of halogens is 3. The summed E-state index contributed by atoms with van der Waals surface area (Å²) in [4.78, 5) is 11.1. The Labute approximate surface area is 154 Å². The summed E-state index contributed by atoms with van der Waals surface area (Å²) < 4.78 is 38.1. The maximum absolute atomic E-state index is 12.7. The van der Waals surface area contributed by atoms with Crippen molar-refractivity contribution in [3.63, 3.8) is 0 Å². The molecule has 3 aromatic rings. The molecule has 138 valence electrons. The van der Waals surface area contributed by atoms with E-state index in [2.05, 4.69) is 26.3 Å². The normalized spacial score (nSPS) is 13.6. The van der Waals surface area contributed by atoms with Crippen LogP contribution in [-0.2, 0) is 12.6 Å². The number of alkyl halides is 3. The van der Waals surface area contributed by atoms with Gasteiger partial charge in [-0.05, 0) is 49.2 Å². The van der Waals surface area contributed by atoms with Crippen molar-refractivity contribution in [1.82, 2.24) is 9.97 Å². The van der Waals surface area contributed by atoms with Crippen LogP contribution in [-0.4, -0.2) is 16.5 Å². The molecular formula is C20H17F3N4. The van der Waals surface area contributed by atoms with Crippen molar-refractivity contribution < 1.29 is 13.2 Å². The summed E-state index contributed by atoms with van der Waals surface area (Å²) in [6.07, 6.45) is -3.42. The molecule has 1 N–H and O–H groups in total. The summed E-state index contributed by atoms with van der Waals surface area (Å²) in [5, 5.41) is 3.07. The van der Waals surface area contributed by atoms with Crippen LogP contribution in [0.2, 0.25) is 0 Å². The lowest BCUT2D eigenvalue weighted by atomic mass is 10.2. The van der Waals surface area contributed by atoms with Gasteiger partial charge in [0.2, 0.25) is 5.95 Å². The highest BCUT2D eigenvalue weighted by Gasteiger charge is 2.30. The van der Waals surface area contributed by atoms with Crippen LogP contribution < -0.4 is 10.2 Å². The van der Waals surface area contributed by atoms with Crippen molar-refractivity contribution in [3.8, 4) is 0 Å². The van der Waals surface area contributed by atoms with Gasteiger partial charge < -0.3 is 10.2 Å². The second kappa shape index (κ2) is 6.57. The van der Waals surface area contributed by atoms with E-state index < -0.39 is 11.7 Å². The van der Waals surface area contributed by atoms with Gasteiger partial charge in [-0.25, -0.2) is 4.98 Å². The van der Waals surface area contributed by atoms with Crippen molar-refractivity contribution >= 4 is 23.1 Å². The number of nitrogens with zero attached hydrogens (tertiary/aromatic N) is 3. The predicted molar refractivity (Wildman–Crippen MR) is 98.6 cm³/mol. The second-order valence-corrected chi connectivity index (χ2v) is 6.43. The van der Waals surface area contributed by atoms with Gasteiger partial charge in [0, 0.05) is 29.7 Å². The van der Waals surface area contributed by atoms with E-state index in [0.29, 0.717) is 17.5 Å². The van der Waals surface area contributed by atoms with Gasteiger partial charge in [0.05, 0.1) is 5.56 Å². The minimum Gasteiger partial charge on any atom is -0.340 e. The van der Waals surface area contributed by atoms with Crippen molar-refractivity contribution in [2.24, 2.45) is 0 Å². The third-order valence-corrected chi connectivity index (χ3v) is 4.46. The van der Waals surface area contributed by atoms with Gasteiger partial charge in [0.15, 0.2) is 0 Å². The Balaban J connectivity index is 1.60. The smallest absolute Gasteiger partial charge is 0.340 e. The fraction of sp³-hybridized carbons (Fsp3) is 0.200. The van der Waals surface area contributed by atoms with Crippen molar-refractivity contribution in [2.45, 2.75) is 19.5 Å². The molecule has 0 unspecified atom stereocenters. The van der Waals surface area contributed by atoms with Crippen LogP contribution in [0.4, 0.5) is 36.3 Å². The first kappa shape index (κ1) is 17.3. The van der Waals surface area contributed by atoms with E-state index in [1.165, 1.54) is 17.7 Å². The van der Waals surface area contributed by atoms with E-state index in [1.807, 2.05) is 25.1 Å². The molecule has 0 spiro atoms. The molecule has 4 rings (SSSR count). The van der Waals surface area contributed by atoms with E-state index in [4.69, 9.17) is 0 Å². The first-order chi connectivity index (χ1) is 12.9. The number of para-hydroxylation sites is 1. The van der Waals surface area contributed by atoms with E-state index in [1.54, 1.807) is 6.07 Å². The highest BCUT2D eigenvalue weighted by molar-refractivity contribution is 5.67. The molecule has 0 amide bonds. The van der Waals surface area contributed by atoms with E-state index in [-0.39, 0.29) is 0 Å². The summed E-state index contributed by atoms with van der Waals surface area (Å²) in [7, 11) is 0. The Morgan fingerprint density at radius 2 is 1.74 bits per heavy atom. The first-order valence-electron chi connectivity index (χ1n) is 8.55. The van der Waals surface area contributed by atoms with Crippen molar-refractivity contribution in [2.75, 3.05) is 16.8 Å². The summed E-state index contributed by atoms with van der Waals surface area (Å²) in [6, 6.07) is 14.8. The Morgan fingerprint density at radius 1 is 1.00 bits per heavy atom. The molecule has 2 heterocycles. The fourth-order valence-corrected chi connectivity index (χ4v) is 3.17. The zero-order valence-electron chi connectivity index (χ0n) is 14.6. The third-order valence-electron chi connectivity index (χ3n) is 4.46. The standard InChI is InChI=1S/C20H17F3N4/c1-13-12-18(25-16-8-6-15(7-9-16)20(21,22)23)26-19(24-13)27-11-10-14-4-2-3-5-17(14)27/h2-9,12H,10-11H2,1H3,(H,24,25,26).